The molecule has 1 heterocycles. The molecular formula is C30H33Cl2N3O6S. The fourth-order valence-corrected chi connectivity index (χ4v) is 6.80. The predicted molar refractivity (Wildman–Crippen MR) is 162 cm³/mol. The molecule has 1 aliphatic rings. The number of hydrazine groups is 1. The number of halogens is 2. The summed E-state index contributed by atoms with van der Waals surface area (Å²) < 4.78 is 38.9. The fraction of sp³-hybridized carbons (Fsp3) is 0.333. The van der Waals surface area contributed by atoms with E-state index in [4.69, 9.17) is 32.7 Å². The lowest BCUT2D eigenvalue weighted by atomic mass is 10.00. The standard InChI is InChI=1S/C30H33Cl2N3O6S/c1-30(2,3)41-28(36)26(16-20-10-12-21(13-11-20)25-8-5-6-9-27(25)40-4)33-29(37)34-14-7-15-35(34)42(38,39)24-18-22(31)17-23(32)19-24/h5-6,8-13,17-19,26H,7,14-16H2,1-4H3,(H,33,37)/t26-/m0/s1. The number of ether oxygens (including phenoxy) is 2. The molecule has 0 saturated carbocycles. The van der Waals surface area contributed by atoms with E-state index in [0.29, 0.717) is 6.42 Å². The lowest BCUT2D eigenvalue weighted by Crippen LogP contribution is -2.54. The van der Waals surface area contributed by atoms with Crippen LogP contribution in [0.1, 0.15) is 32.8 Å². The fourth-order valence-electron chi connectivity index (χ4n) is 4.57. The molecule has 1 saturated heterocycles. The molecule has 0 unspecified atom stereocenters. The van der Waals surface area contributed by atoms with Gasteiger partial charge in [-0.15, -0.1) is 4.41 Å². The summed E-state index contributed by atoms with van der Waals surface area (Å²) in [5.41, 5.74) is 1.81. The molecule has 224 valence electrons. The van der Waals surface area contributed by atoms with Gasteiger partial charge < -0.3 is 14.8 Å². The van der Waals surface area contributed by atoms with Gasteiger partial charge in [0.2, 0.25) is 0 Å². The maximum absolute atomic E-state index is 13.5. The largest absolute Gasteiger partial charge is 0.496 e. The number of nitrogens with one attached hydrogen (secondary N) is 1. The Morgan fingerprint density at radius 3 is 2.24 bits per heavy atom. The van der Waals surface area contributed by atoms with Gasteiger partial charge >= 0.3 is 12.0 Å². The summed E-state index contributed by atoms with van der Waals surface area (Å²) in [6.45, 7) is 5.40. The van der Waals surface area contributed by atoms with E-state index in [1.807, 2.05) is 48.5 Å². The van der Waals surface area contributed by atoms with Gasteiger partial charge in [0, 0.05) is 35.1 Å². The second-order valence-electron chi connectivity index (χ2n) is 10.8. The molecule has 1 aliphatic heterocycles. The Morgan fingerprint density at radius 1 is 0.976 bits per heavy atom. The highest BCUT2D eigenvalue weighted by molar-refractivity contribution is 7.89. The molecule has 3 aromatic rings. The lowest BCUT2D eigenvalue weighted by molar-refractivity contribution is -0.157. The van der Waals surface area contributed by atoms with Gasteiger partial charge in [-0.25, -0.2) is 23.0 Å². The molecule has 0 bridgehead atoms. The van der Waals surface area contributed by atoms with E-state index in [1.165, 1.54) is 18.2 Å². The number of urea groups is 1. The number of sulfonamides is 1. The third-order valence-corrected chi connectivity index (χ3v) is 8.64. The second kappa shape index (κ2) is 12.9. The topological polar surface area (TPSA) is 105 Å². The Hall–Kier alpha value is -3.31. The van der Waals surface area contributed by atoms with Gasteiger partial charge in [0.05, 0.1) is 12.0 Å². The highest BCUT2D eigenvalue weighted by Crippen LogP contribution is 2.30. The summed E-state index contributed by atoms with van der Waals surface area (Å²) >= 11 is 12.1. The normalized spacial score (nSPS) is 14.9. The number of carbonyl (C=O) groups is 2. The number of hydrogen-bond donors (Lipinski definition) is 1. The van der Waals surface area contributed by atoms with Crippen molar-refractivity contribution in [1.82, 2.24) is 14.7 Å². The number of carbonyl (C=O) groups excluding carboxylic acids is 2. The van der Waals surface area contributed by atoms with Crippen LogP contribution in [-0.4, -0.2) is 61.7 Å². The highest BCUT2D eigenvalue weighted by atomic mass is 35.5. The zero-order chi connectivity index (χ0) is 30.7. The zero-order valence-corrected chi connectivity index (χ0v) is 26.1. The average molecular weight is 635 g/mol. The van der Waals surface area contributed by atoms with Crippen LogP contribution in [0.3, 0.4) is 0 Å². The molecule has 2 amide bonds. The molecule has 0 spiro atoms. The SMILES string of the molecule is COc1ccccc1-c1ccc(C[C@H](NC(=O)N2CCCN2S(=O)(=O)c2cc(Cl)cc(Cl)c2)C(=O)OC(C)(C)C)cc1. The van der Waals surface area contributed by atoms with Gasteiger partial charge in [-0.05, 0) is 62.6 Å². The average Bonchev–Trinajstić information content (AvgIpc) is 3.43. The molecule has 1 atom stereocenters. The quantitative estimate of drug-likeness (QED) is 0.308. The number of nitrogens with zero attached hydrogens (tertiary/aromatic N) is 2. The van der Waals surface area contributed by atoms with Crippen molar-refractivity contribution in [3.05, 3.63) is 82.3 Å². The van der Waals surface area contributed by atoms with Crippen LogP contribution in [0.15, 0.2) is 71.6 Å². The van der Waals surface area contributed by atoms with Gasteiger partial charge in [-0.2, -0.15) is 0 Å². The van der Waals surface area contributed by atoms with Crippen LogP contribution in [-0.2, 0) is 26.0 Å². The van der Waals surface area contributed by atoms with Crippen LogP contribution < -0.4 is 10.1 Å². The summed E-state index contributed by atoms with van der Waals surface area (Å²) in [6.07, 6.45) is 0.528. The number of benzene rings is 3. The smallest absolute Gasteiger partial charge is 0.333 e. The number of rotatable bonds is 8. The van der Waals surface area contributed by atoms with Crippen LogP contribution >= 0.6 is 23.2 Å². The summed E-state index contributed by atoms with van der Waals surface area (Å²) in [7, 11) is -2.55. The molecule has 42 heavy (non-hydrogen) atoms. The maximum Gasteiger partial charge on any atom is 0.333 e. The van der Waals surface area contributed by atoms with E-state index < -0.39 is 33.7 Å². The molecule has 1 N–H and O–H groups in total. The third-order valence-electron chi connectivity index (χ3n) is 6.44. The van der Waals surface area contributed by atoms with E-state index in [2.05, 4.69) is 5.32 Å². The number of hydrogen-bond acceptors (Lipinski definition) is 6. The first-order valence-electron chi connectivity index (χ1n) is 13.3. The van der Waals surface area contributed by atoms with Crippen LogP contribution in [0, 0.1) is 0 Å². The molecule has 0 aromatic heterocycles. The molecule has 4 rings (SSSR count). The first-order valence-corrected chi connectivity index (χ1v) is 15.5. The van der Waals surface area contributed by atoms with Crippen LogP contribution in [0.5, 0.6) is 5.75 Å². The predicted octanol–water partition coefficient (Wildman–Crippen LogP) is 5.94. The van der Waals surface area contributed by atoms with E-state index in [-0.39, 0.29) is 34.5 Å². The summed E-state index contributed by atoms with van der Waals surface area (Å²) in [5, 5.41) is 4.08. The van der Waals surface area contributed by atoms with Gasteiger partial charge in [0.1, 0.15) is 17.4 Å². The maximum atomic E-state index is 13.5. The van der Waals surface area contributed by atoms with E-state index in [9.17, 15) is 18.0 Å². The molecule has 9 nitrogen and oxygen atoms in total. The van der Waals surface area contributed by atoms with Gasteiger partial charge in [-0.1, -0.05) is 65.7 Å². The molecule has 12 heteroatoms. The van der Waals surface area contributed by atoms with E-state index >= 15 is 0 Å². The van der Waals surface area contributed by atoms with Crippen molar-refractivity contribution in [1.29, 1.82) is 0 Å². The van der Waals surface area contributed by atoms with Crippen molar-refractivity contribution < 1.29 is 27.5 Å². The van der Waals surface area contributed by atoms with Crippen molar-refractivity contribution in [2.24, 2.45) is 0 Å². The Kier molecular flexibility index (Phi) is 9.72. The van der Waals surface area contributed by atoms with Gasteiger partial charge in [-0.3, -0.25) is 0 Å². The number of para-hydroxylation sites is 1. The van der Waals surface area contributed by atoms with Crippen molar-refractivity contribution in [3.8, 4) is 16.9 Å². The van der Waals surface area contributed by atoms with Gasteiger partial charge in [0.25, 0.3) is 10.0 Å². The summed E-state index contributed by atoms with van der Waals surface area (Å²) in [4.78, 5) is 26.6. The first kappa shape index (κ1) is 31.6. The summed E-state index contributed by atoms with van der Waals surface area (Å²) in [5.74, 6) is 0.0918. The molecule has 3 aromatic carbocycles. The number of amides is 2. The van der Waals surface area contributed by atoms with Crippen LogP contribution in [0.4, 0.5) is 4.79 Å². The minimum absolute atomic E-state index is 0.0708. The molecule has 1 fully saturated rings. The van der Waals surface area contributed by atoms with E-state index in [1.54, 1.807) is 27.9 Å². The highest BCUT2D eigenvalue weighted by Gasteiger charge is 2.39. The summed E-state index contributed by atoms with van der Waals surface area (Å²) in [6, 6.07) is 17.3. The molecule has 0 radical (unpaired) electrons. The Balaban J connectivity index is 1.56. The minimum Gasteiger partial charge on any atom is -0.496 e. The van der Waals surface area contributed by atoms with Crippen LogP contribution in [0.2, 0.25) is 10.0 Å². The lowest BCUT2D eigenvalue weighted by Gasteiger charge is -2.30. The Labute approximate surface area is 256 Å². The Bertz CT molecular complexity index is 1540. The third kappa shape index (κ3) is 7.55. The Morgan fingerprint density at radius 2 is 1.62 bits per heavy atom. The minimum atomic E-state index is -4.16. The van der Waals surface area contributed by atoms with Crippen molar-refractivity contribution in [2.75, 3.05) is 20.2 Å². The molecule has 0 aliphatic carbocycles. The van der Waals surface area contributed by atoms with E-state index in [0.717, 1.165) is 31.9 Å². The van der Waals surface area contributed by atoms with Gasteiger partial charge in [0.15, 0.2) is 0 Å². The zero-order valence-electron chi connectivity index (χ0n) is 23.8. The monoisotopic (exact) mass is 633 g/mol. The van der Waals surface area contributed by atoms with Crippen molar-refractivity contribution >= 4 is 45.2 Å². The van der Waals surface area contributed by atoms with Crippen LogP contribution in [0.25, 0.3) is 11.1 Å². The second-order valence-corrected chi connectivity index (χ2v) is 13.5. The molecular weight excluding hydrogens is 601 g/mol. The first-order chi connectivity index (χ1) is 19.8. The number of esters is 1. The van der Waals surface area contributed by atoms with Crippen molar-refractivity contribution in [2.45, 2.75) is 50.2 Å². The van der Waals surface area contributed by atoms with Crippen molar-refractivity contribution in [3.63, 3.8) is 0 Å². The number of methoxy groups -OCH3 is 1.